The van der Waals surface area contributed by atoms with E-state index in [1.807, 2.05) is 0 Å². The molecule has 2 aromatic heterocycles. The van der Waals surface area contributed by atoms with Gasteiger partial charge in [0.2, 0.25) is 4.77 Å². The van der Waals surface area contributed by atoms with Gasteiger partial charge in [-0.3, -0.25) is 4.57 Å². The van der Waals surface area contributed by atoms with Crippen molar-refractivity contribution in [2.45, 2.75) is 25.1 Å². The molecule has 2 atom stereocenters. The Kier molecular flexibility index (Phi) is 5.38. The summed E-state index contributed by atoms with van der Waals surface area (Å²) in [4.78, 5) is 3.86. The second-order valence-corrected chi connectivity index (χ2v) is 7.43. The van der Waals surface area contributed by atoms with Gasteiger partial charge in [0.25, 0.3) is 0 Å². The summed E-state index contributed by atoms with van der Waals surface area (Å²) in [7, 11) is 0. The first-order valence-corrected chi connectivity index (χ1v) is 9.66. The molecule has 4 rings (SSSR count). The van der Waals surface area contributed by atoms with Crippen LogP contribution < -0.4 is 0 Å². The Balaban J connectivity index is 1.80. The van der Waals surface area contributed by atoms with E-state index >= 15 is 0 Å². The van der Waals surface area contributed by atoms with Crippen LogP contribution in [0.2, 0.25) is 0 Å². The molecule has 11 heteroatoms. The molecule has 0 fully saturated rings. The van der Waals surface area contributed by atoms with Gasteiger partial charge in [-0.1, -0.05) is 6.07 Å². The van der Waals surface area contributed by atoms with Crippen LogP contribution in [0.4, 0.5) is 8.78 Å². The molecule has 0 saturated heterocycles. The van der Waals surface area contributed by atoms with Crippen molar-refractivity contribution in [1.29, 1.82) is 0 Å². The maximum atomic E-state index is 14.7. The third-order valence-electron chi connectivity index (χ3n) is 5.15. The van der Waals surface area contributed by atoms with Crippen LogP contribution in [0.5, 0.6) is 5.75 Å². The summed E-state index contributed by atoms with van der Waals surface area (Å²) in [6.45, 7) is 1.45. The van der Waals surface area contributed by atoms with Gasteiger partial charge in [-0.25, -0.2) is 23.1 Å². The fourth-order valence-electron chi connectivity index (χ4n) is 3.42. The predicted octanol–water partition coefficient (Wildman–Crippen LogP) is 3.13. The molecule has 0 aliphatic rings. The Morgan fingerprint density at radius 3 is 2.48 bits per heavy atom. The van der Waals surface area contributed by atoms with E-state index in [0.717, 1.165) is 6.07 Å². The average molecular weight is 444 g/mol. The summed E-state index contributed by atoms with van der Waals surface area (Å²) < 4.78 is 32.8. The zero-order chi connectivity index (χ0) is 22.2. The number of aromatic nitrogens is 6. The van der Waals surface area contributed by atoms with Crippen molar-refractivity contribution < 1.29 is 19.0 Å². The smallest absolute Gasteiger partial charge is 0.202 e. The molecule has 2 heterocycles. The van der Waals surface area contributed by atoms with Gasteiger partial charge in [0.1, 0.15) is 42.0 Å². The van der Waals surface area contributed by atoms with Gasteiger partial charge in [0.15, 0.2) is 0 Å². The van der Waals surface area contributed by atoms with Crippen LogP contribution in [0.25, 0.3) is 5.69 Å². The zero-order valence-corrected chi connectivity index (χ0v) is 17.1. The molecular weight excluding hydrogens is 426 g/mol. The molecule has 8 nitrogen and oxygen atoms in total. The molecule has 0 radical (unpaired) electrons. The second-order valence-electron chi connectivity index (χ2n) is 7.06. The third kappa shape index (κ3) is 3.84. The molecule has 0 amide bonds. The van der Waals surface area contributed by atoms with Crippen LogP contribution in [0.3, 0.4) is 0 Å². The number of phenols is 1. The van der Waals surface area contributed by atoms with E-state index in [1.165, 1.54) is 46.5 Å². The molecule has 0 aliphatic carbocycles. The molecule has 0 bridgehead atoms. The minimum atomic E-state index is -1.89. The average Bonchev–Trinajstić information content (AvgIpc) is 3.37. The van der Waals surface area contributed by atoms with E-state index in [0.29, 0.717) is 11.8 Å². The normalized spacial score (nSPS) is 14.3. The fourth-order valence-corrected chi connectivity index (χ4v) is 3.78. The Hall–Kier alpha value is -3.44. The van der Waals surface area contributed by atoms with Crippen molar-refractivity contribution in [2.24, 2.45) is 0 Å². The lowest BCUT2D eigenvalue weighted by atomic mass is 9.86. The molecule has 4 aromatic rings. The van der Waals surface area contributed by atoms with Crippen LogP contribution in [0.15, 0.2) is 61.4 Å². The van der Waals surface area contributed by atoms with E-state index < -0.39 is 23.3 Å². The summed E-state index contributed by atoms with van der Waals surface area (Å²) >= 11 is 5.54. The number of aromatic hydroxyl groups is 1. The quantitative estimate of drug-likeness (QED) is 0.444. The fraction of sp³-hybridized carbons (Fsp3) is 0.200. The molecule has 31 heavy (non-hydrogen) atoms. The number of halogens is 2. The van der Waals surface area contributed by atoms with E-state index in [9.17, 15) is 19.0 Å². The number of rotatable bonds is 6. The number of nitrogens with zero attached hydrogens (tertiary/aromatic N) is 6. The van der Waals surface area contributed by atoms with Gasteiger partial charge in [0, 0.05) is 17.3 Å². The van der Waals surface area contributed by atoms with E-state index in [4.69, 9.17) is 12.2 Å². The minimum absolute atomic E-state index is 0.102. The second kappa shape index (κ2) is 8.00. The minimum Gasteiger partial charge on any atom is -0.508 e. The Bertz CT molecular complexity index is 1260. The van der Waals surface area contributed by atoms with Gasteiger partial charge in [-0.05, 0) is 49.5 Å². The predicted molar refractivity (Wildman–Crippen MR) is 109 cm³/mol. The lowest BCUT2D eigenvalue weighted by Crippen LogP contribution is -2.41. The van der Waals surface area contributed by atoms with Gasteiger partial charge in [-0.15, -0.1) is 0 Å². The molecular formula is C20H18F2N6O2S. The maximum absolute atomic E-state index is 14.7. The van der Waals surface area contributed by atoms with Gasteiger partial charge < -0.3 is 10.2 Å². The summed E-state index contributed by atoms with van der Waals surface area (Å²) in [6, 6.07) is 8.43. The van der Waals surface area contributed by atoms with Crippen LogP contribution in [-0.4, -0.2) is 39.3 Å². The van der Waals surface area contributed by atoms with Crippen LogP contribution in [0.1, 0.15) is 18.5 Å². The molecule has 0 saturated carbocycles. The maximum Gasteiger partial charge on any atom is 0.202 e. The summed E-state index contributed by atoms with van der Waals surface area (Å²) in [6.07, 6.45) is 4.13. The largest absolute Gasteiger partial charge is 0.508 e. The Morgan fingerprint density at radius 1 is 1.10 bits per heavy atom. The lowest BCUT2D eigenvalue weighted by Gasteiger charge is -2.34. The highest BCUT2D eigenvalue weighted by Crippen LogP contribution is 2.36. The zero-order valence-electron chi connectivity index (χ0n) is 16.3. The highest BCUT2D eigenvalue weighted by Gasteiger charge is 2.41. The van der Waals surface area contributed by atoms with Crippen molar-refractivity contribution in [3.63, 3.8) is 0 Å². The van der Waals surface area contributed by atoms with E-state index in [1.54, 1.807) is 23.6 Å². The molecule has 160 valence electrons. The van der Waals surface area contributed by atoms with Gasteiger partial charge in [0.05, 0.1) is 12.6 Å². The Labute approximate surface area is 180 Å². The number of hydrogen-bond donors (Lipinski definition) is 2. The number of benzene rings is 2. The first kappa shape index (κ1) is 20.8. The summed E-state index contributed by atoms with van der Waals surface area (Å²) in [5.41, 5.74) is -1.37. The SMILES string of the molecule is C[C@@H](n1ncn(-c2ccc(O)cc2)c1=S)[C@](O)(Cn1cncn1)c1ccc(F)cc1F. The van der Waals surface area contributed by atoms with Crippen LogP contribution in [0, 0.1) is 16.4 Å². The molecule has 0 unspecified atom stereocenters. The van der Waals surface area contributed by atoms with Crippen molar-refractivity contribution in [1.82, 2.24) is 29.1 Å². The number of aliphatic hydroxyl groups is 1. The summed E-state index contributed by atoms with van der Waals surface area (Å²) in [5, 5.41) is 29.5. The number of hydrogen-bond acceptors (Lipinski definition) is 6. The first-order chi connectivity index (χ1) is 14.8. The molecule has 0 spiro atoms. The van der Waals surface area contributed by atoms with E-state index in [2.05, 4.69) is 15.2 Å². The highest BCUT2D eigenvalue weighted by molar-refractivity contribution is 7.71. The monoisotopic (exact) mass is 444 g/mol. The number of phenolic OH excluding ortho intramolecular Hbond substituents is 1. The molecule has 2 N–H and O–H groups in total. The third-order valence-corrected chi connectivity index (χ3v) is 5.53. The van der Waals surface area contributed by atoms with Gasteiger partial charge in [-0.2, -0.15) is 10.2 Å². The molecule has 2 aromatic carbocycles. The van der Waals surface area contributed by atoms with Crippen molar-refractivity contribution in [3.8, 4) is 11.4 Å². The van der Waals surface area contributed by atoms with Gasteiger partial charge >= 0.3 is 0 Å². The lowest BCUT2D eigenvalue weighted by molar-refractivity contribution is -0.0375. The first-order valence-electron chi connectivity index (χ1n) is 9.25. The highest BCUT2D eigenvalue weighted by atomic mass is 32.1. The van der Waals surface area contributed by atoms with Crippen LogP contribution in [-0.2, 0) is 12.1 Å². The van der Waals surface area contributed by atoms with Crippen molar-refractivity contribution in [2.75, 3.05) is 0 Å². The Morgan fingerprint density at radius 2 is 1.84 bits per heavy atom. The van der Waals surface area contributed by atoms with Crippen molar-refractivity contribution >= 4 is 12.2 Å². The summed E-state index contributed by atoms with van der Waals surface area (Å²) in [5.74, 6) is -1.56. The van der Waals surface area contributed by atoms with E-state index in [-0.39, 0.29) is 22.6 Å². The topological polar surface area (TPSA) is 93.9 Å². The standard InChI is InChI=1S/C20H18F2N6O2S/c1-13(28-19(31)27(12-25-28)15-3-5-16(29)6-4-15)20(30,9-26-11-23-10-24-26)17-7-2-14(21)8-18(17)22/h2-8,10-13,29-30H,9H2,1H3/t13-,20-/m1/s1. The van der Waals surface area contributed by atoms with Crippen molar-refractivity contribution in [3.05, 3.63) is 83.4 Å². The van der Waals surface area contributed by atoms with Crippen LogP contribution >= 0.6 is 12.2 Å². The molecule has 0 aliphatic heterocycles.